The summed E-state index contributed by atoms with van der Waals surface area (Å²) < 4.78 is 5.76. The van der Waals surface area contributed by atoms with Crippen LogP contribution in [0.4, 0.5) is 5.82 Å². The monoisotopic (exact) mass is 247 g/mol. The normalized spacial score (nSPS) is 27.1. The summed E-state index contributed by atoms with van der Waals surface area (Å²) in [5.74, 6) is 1.05. The van der Waals surface area contributed by atoms with Gasteiger partial charge in [-0.15, -0.1) is 0 Å². The third-order valence-electron chi connectivity index (χ3n) is 3.60. The zero-order chi connectivity index (χ0) is 12.5. The van der Waals surface area contributed by atoms with Crippen LogP contribution < -0.4 is 11.1 Å². The molecule has 1 saturated heterocycles. The van der Waals surface area contributed by atoms with E-state index in [0.717, 1.165) is 24.8 Å². The van der Waals surface area contributed by atoms with Crippen LogP contribution in [-0.2, 0) is 4.74 Å². The molecule has 3 N–H and O–H groups in total. The topological polar surface area (TPSA) is 77.2 Å². The van der Waals surface area contributed by atoms with Crippen molar-refractivity contribution in [2.75, 3.05) is 11.9 Å². The summed E-state index contributed by atoms with van der Waals surface area (Å²) in [6.07, 6.45) is 5.39. The number of ether oxygens (including phenoxy) is 1. The fourth-order valence-electron chi connectivity index (χ4n) is 2.47. The molecule has 2 fully saturated rings. The number of pyridine rings is 1. The van der Waals surface area contributed by atoms with Crippen LogP contribution in [0.1, 0.15) is 29.6 Å². The number of hydrogen-bond acceptors (Lipinski definition) is 4. The molecule has 2 atom stereocenters. The molecule has 2 heterocycles. The van der Waals surface area contributed by atoms with Crippen molar-refractivity contribution >= 4 is 11.7 Å². The molecule has 1 aliphatic heterocycles. The first-order valence-electron chi connectivity index (χ1n) is 6.38. The summed E-state index contributed by atoms with van der Waals surface area (Å²) in [6.45, 7) is 0.818. The fourth-order valence-corrected chi connectivity index (χ4v) is 2.47. The number of nitrogens with one attached hydrogen (secondary N) is 1. The van der Waals surface area contributed by atoms with Gasteiger partial charge in [-0.05, 0) is 37.3 Å². The zero-order valence-electron chi connectivity index (χ0n) is 10.1. The summed E-state index contributed by atoms with van der Waals surface area (Å²) in [5.41, 5.74) is 5.61. The van der Waals surface area contributed by atoms with Gasteiger partial charge in [-0.1, -0.05) is 0 Å². The van der Waals surface area contributed by atoms with Crippen molar-refractivity contribution < 1.29 is 9.53 Å². The van der Waals surface area contributed by atoms with E-state index in [1.807, 2.05) is 0 Å². The SMILES string of the molecule is NC(=O)c1ccc(NC2CCOC2C2CC2)nc1. The molecular formula is C13H17N3O2. The second-order valence-electron chi connectivity index (χ2n) is 5.01. The standard InChI is InChI=1S/C13H17N3O2/c14-13(17)9-3-4-11(15-7-9)16-10-5-6-18-12(10)8-1-2-8/h3-4,7-8,10,12H,1-2,5-6H2,(H2,14,17)(H,15,16). The van der Waals surface area contributed by atoms with Gasteiger partial charge in [0, 0.05) is 12.8 Å². The van der Waals surface area contributed by atoms with Crippen LogP contribution in [0.3, 0.4) is 0 Å². The van der Waals surface area contributed by atoms with E-state index in [0.29, 0.717) is 17.7 Å². The molecule has 1 amide bonds. The van der Waals surface area contributed by atoms with Gasteiger partial charge in [-0.2, -0.15) is 0 Å². The number of anilines is 1. The molecule has 2 unspecified atom stereocenters. The number of carbonyl (C=O) groups excluding carboxylic acids is 1. The summed E-state index contributed by atoms with van der Waals surface area (Å²) in [5, 5.41) is 3.39. The van der Waals surface area contributed by atoms with Gasteiger partial charge in [0.1, 0.15) is 5.82 Å². The number of primary amides is 1. The summed E-state index contributed by atoms with van der Waals surface area (Å²) in [4.78, 5) is 15.2. The number of carbonyl (C=O) groups is 1. The van der Waals surface area contributed by atoms with Crippen LogP contribution in [0.2, 0.25) is 0 Å². The number of rotatable bonds is 4. The minimum absolute atomic E-state index is 0.322. The Bertz CT molecular complexity index is 442. The first-order valence-corrected chi connectivity index (χ1v) is 6.38. The molecule has 0 aromatic carbocycles. The molecule has 0 spiro atoms. The lowest BCUT2D eigenvalue weighted by molar-refractivity contribution is 0.0898. The van der Waals surface area contributed by atoms with E-state index in [1.165, 1.54) is 19.0 Å². The summed E-state index contributed by atoms with van der Waals surface area (Å²) >= 11 is 0. The van der Waals surface area contributed by atoms with Gasteiger partial charge >= 0.3 is 0 Å². The maximum absolute atomic E-state index is 10.9. The highest BCUT2D eigenvalue weighted by Crippen LogP contribution is 2.39. The Morgan fingerprint density at radius 1 is 1.39 bits per heavy atom. The number of amides is 1. The van der Waals surface area contributed by atoms with E-state index in [9.17, 15) is 4.79 Å². The highest BCUT2D eigenvalue weighted by Gasteiger charge is 2.40. The average molecular weight is 247 g/mol. The summed E-state index contributed by atoms with van der Waals surface area (Å²) in [6, 6.07) is 3.83. The first-order chi connectivity index (χ1) is 8.74. The van der Waals surface area contributed by atoms with Crippen LogP contribution in [0.5, 0.6) is 0 Å². The van der Waals surface area contributed by atoms with Gasteiger partial charge in [0.25, 0.3) is 0 Å². The van der Waals surface area contributed by atoms with E-state index < -0.39 is 5.91 Å². The second kappa shape index (κ2) is 4.57. The minimum Gasteiger partial charge on any atom is -0.376 e. The lowest BCUT2D eigenvalue weighted by Crippen LogP contribution is -2.31. The molecule has 1 aromatic heterocycles. The summed E-state index contributed by atoms with van der Waals surface area (Å²) in [7, 11) is 0. The molecule has 96 valence electrons. The Kier molecular flexibility index (Phi) is 2.91. The minimum atomic E-state index is -0.450. The maximum Gasteiger partial charge on any atom is 0.250 e. The third kappa shape index (κ3) is 2.31. The Balaban J connectivity index is 1.66. The van der Waals surface area contributed by atoms with Crippen LogP contribution in [0, 0.1) is 5.92 Å². The third-order valence-corrected chi connectivity index (χ3v) is 3.60. The zero-order valence-corrected chi connectivity index (χ0v) is 10.1. The highest BCUT2D eigenvalue weighted by molar-refractivity contribution is 5.92. The van der Waals surface area contributed by atoms with Gasteiger partial charge in [0.05, 0.1) is 17.7 Å². The molecule has 0 bridgehead atoms. The van der Waals surface area contributed by atoms with Crippen LogP contribution in [0.15, 0.2) is 18.3 Å². The Morgan fingerprint density at radius 3 is 2.83 bits per heavy atom. The number of aromatic nitrogens is 1. The molecule has 5 heteroatoms. The average Bonchev–Trinajstić information content (AvgIpc) is 3.11. The van der Waals surface area contributed by atoms with E-state index in [-0.39, 0.29) is 0 Å². The second-order valence-corrected chi connectivity index (χ2v) is 5.01. The molecule has 18 heavy (non-hydrogen) atoms. The lowest BCUT2D eigenvalue weighted by atomic mass is 10.1. The number of nitrogens with two attached hydrogens (primary N) is 1. The molecule has 1 aliphatic carbocycles. The van der Waals surface area contributed by atoms with Gasteiger partial charge in [-0.25, -0.2) is 4.98 Å². The van der Waals surface area contributed by atoms with Crippen molar-refractivity contribution in [3.05, 3.63) is 23.9 Å². The van der Waals surface area contributed by atoms with Gasteiger partial charge in [0.15, 0.2) is 0 Å². The van der Waals surface area contributed by atoms with Crippen molar-refractivity contribution in [3.8, 4) is 0 Å². The first kappa shape index (κ1) is 11.5. The van der Waals surface area contributed by atoms with Crippen LogP contribution in [0.25, 0.3) is 0 Å². The van der Waals surface area contributed by atoms with E-state index in [1.54, 1.807) is 12.1 Å². The molecule has 1 aromatic rings. The van der Waals surface area contributed by atoms with Crippen molar-refractivity contribution in [1.82, 2.24) is 4.98 Å². The van der Waals surface area contributed by atoms with E-state index in [2.05, 4.69) is 10.3 Å². The molecular weight excluding hydrogens is 230 g/mol. The Hall–Kier alpha value is -1.62. The van der Waals surface area contributed by atoms with Crippen molar-refractivity contribution in [2.45, 2.75) is 31.4 Å². The molecule has 0 radical (unpaired) electrons. The smallest absolute Gasteiger partial charge is 0.250 e. The highest BCUT2D eigenvalue weighted by atomic mass is 16.5. The number of hydrogen-bond donors (Lipinski definition) is 2. The molecule has 2 aliphatic rings. The van der Waals surface area contributed by atoms with E-state index >= 15 is 0 Å². The Labute approximate surface area is 106 Å². The Morgan fingerprint density at radius 2 is 2.22 bits per heavy atom. The van der Waals surface area contributed by atoms with Crippen molar-refractivity contribution in [2.24, 2.45) is 11.7 Å². The van der Waals surface area contributed by atoms with Crippen LogP contribution in [-0.4, -0.2) is 29.6 Å². The largest absolute Gasteiger partial charge is 0.376 e. The van der Waals surface area contributed by atoms with E-state index in [4.69, 9.17) is 10.5 Å². The number of nitrogens with zero attached hydrogens (tertiary/aromatic N) is 1. The predicted molar refractivity (Wildman–Crippen MR) is 67.2 cm³/mol. The quantitative estimate of drug-likeness (QED) is 0.837. The lowest BCUT2D eigenvalue weighted by Gasteiger charge is -2.19. The van der Waals surface area contributed by atoms with Crippen LogP contribution >= 0.6 is 0 Å². The van der Waals surface area contributed by atoms with Gasteiger partial charge < -0.3 is 15.8 Å². The molecule has 5 nitrogen and oxygen atoms in total. The predicted octanol–water partition coefficient (Wildman–Crippen LogP) is 1.16. The maximum atomic E-state index is 10.9. The van der Waals surface area contributed by atoms with Gasteiger partial charge in [-0.3, -0.25) is 4.79 Å². The molecule has 3 rings (SSSR count). The van der Waals surface area contributed by atoms with Crippen molar-refractivity contribution in [3.63, 3.8) is 0 Å². The fraction of sp³-hybridized carbons (Fsp3) is 0.538. The molecule has 1 saturated carbocycles. The van der Waals surface area contributed by atoms with Gasteiger partial charge in [0.2, 0.25) is 5.91 Å². The van der Waals surface area contributed by atoms with Crippen molar-refractivity contribution in [1.29, 1.82) is 0 Å².